The van der Waals surface area contributed by atoms with E-state index >= 15 is 0 Å². The standard InChI is InChI=1S/C7H10N2S2/c1-3-6-8-7-5(11-6)4-10-9(7)2/h3-4H2,1-2H3. The maximum Gasteiger partial charge on any atom is 0.153 e. The summed E-state index contributed by atoms with van der Waals surface area (Å²) in [4.78, 5) is 5.95. The van der Waals surface area contributed by atoms with Gasteiger partial charge in [0.25, 0.3) is 0 Å². The van der Waals surface area contributed by atoms with Crippen LogP contribution in [0.5, 0.6) is 0 Å². The van der Waals surface area contributed by atoms with Gasteiger partial charge in [-0.15, -0.1) is 11.3 Å². The van der Waals surface area contributed by atoms with Gasteiger partial charge in [-0.1, -0.05) is 6.92 Å². The first-order valence-electron chi connectivity index (χ1n) is 3.66. The number of anilines is 1. The van der Waals surface area contributed by atoms with E-state index in [1.54, 1.807) is 0 Å². The third kappa shape index (κ3) is 1.14. The Labute approximate surface area is 74.8 Å². The van der Waals surface area contributed by atoms with Crippen molar-refractivity contribution < 1.29 is 0 Å². The van der Waals surface area contributed by atoms with Gasteiger partial charge in [0.05, 0.1) is 15.6 Å². The van der Waals surface area contributed by atoms with Crippen molar-refractivity contribution in [3.8, 4) is 0 Å². The third-order valence-electron chi connectivity index (χ3n) is 1.71. The lowest BCUT2D eigenvalue weighted by atomic mass is 10.5. The molecule has 0 unspecified atom stereocenters. The molecule has 1 aromatic heterocycles. The van der Waals surface area contributed by atoms with Gasteiger partial charge in [-0.05, 0) is 18.4 Å². The molecule has 0 saturated carbocycles. The Bertz CT molecular complexity index is 269. The van der Waals surface area contributed by atoms with Crippen molar-refractivity contribution in [3.63, 3.8) is 0 Å². The van der Waals surface area contributed by atoms with Crippen LogP contribution in [0, 0.1) is 0 Å². The maximum atomic E-state index is 4.51. The van der Waals surface area contributed by atoms with E-state index in [1.165, 1.54) is 15.7 Å². The number of fused-ring (bicyclic) bond motifs is 1. The minimum Gasteiger partial charge on any atom is -0.302 e. The first-order chi connectivity index (χ1) is 5.31. The normalized spacial score (nSPS) is 15.6. The Balaban J connectivity index is 2.38. The molecule has 0 fully saturated rings. The Morgan fingerprint density at radius 1 is 1.64 bits per heavy atom. The lowest BCUT2D eigenvalue weighted by Crippen LogP contribution is -2.01. The highest BCUT2D eigenvalue weighted by Gasteiger charge is 2.21. The van der Waals surface area contributed by atoms with Crippen LogP contribution in [-0.2, 0) is 12.2 Å². The van der Waals surface area contributed by atoms with Crippen LogP contribution in [-0.4, -0.2) is 12.0 Å². The number of rotatable bonds is 1. The second-order valence-electron chi connectivity index (χ2n) is 2.48. The molecule has 0 bridgehead atoms. The van der Waals surface area contributed by atoms with Crippen molar-refractivity contribution in [2.45, 2.75) is 19.1 Å². The van der Waals surface area contributed by atoms with Gasteiger partial charge in [0.15, 0.2) is 5.82 Å². The summed E-state index contributed by atoms with van der Waals surface area (Å²) < 4.78 is 2.16. The maximum absolute atomic E-state index is 4.51. The zero-order valence-corrected chi connectivity index (χ0v) is 8.26. The van der Waals surface area contributed by atoms with Crippen molar-refractivity contribution in [2.75, 3.05) is 11.4 Å². The van der Waals surface area contributed by atoms with E-state index in [-0.39, 0.29) is 0 Å². The molecule has 1 aromatic rings. The van der Waals surface area contributed by atoms with Gasteiger partial charge in [-0.2, -0.15) is 0 Å². The molecular weight excluding hydrogens is 176 g/mol. The second-order valence-corrected chi connectivity index (χ2v) is 4.74. The van der Waals surface area contributed by atoms with Gasteiger partial charge in [-0.3, -0.25) is 0 Å². The molecule has 0 amide bonds. The number of hydrogen-bond donors (Lipinski definition) is 0. The molecule has 2 rings (SSSR count). The molecule has 0 atom stereocenters. The molecular formula is C7H10N2S2. The molecule has 60 valence electrons. The van der Waals surface area contributed by atoms with Crippen LogP contribution in [0.3, 0.4) is 0 Å². The largest absolute Gasteiger partial charge is 0.302 e. The van der Waals surface area contributed by atoms with E-state index in [0.717, 1.165) is 12.2 Å². The molecule has 0 saturated heterocycles. The van der Waals surface area contributed by atoms with Crippen molar-refractivity contribution in [2.24, 2.45) is 0 Å². The monoisotopic (exact) mass is 186 g/mol. The Hall–Kier alpha value is -0.220. The first-order valence-corrected chi connectivity index (χ1v) is 5.42. The molecule has 0 aromatic carbocycles. The van der Waals surface area contributed by atoms with E-state index in [0.29, 0.717) is 0 Å². The number of hydrogen-bond acceptors (Lipinski definition) is 4. The summed E-state index contributed by atoms with van der Waals surface area (Å²) in [7, 11) is 2.08. The average Bonchev–Trinajstić information content (AvgIpc) is 2.53. The molecule has 1 aliphatic heterocycles. The quantitative estimate of drug-likeness (QED) is 0.626. The number of nitrogens with zero attached hydrogens (tertiary/aromatic N) is 2. The summed E-state index contributed by atoms with van der Waals surface area (Å²) in [6.45, 7) is 2.15. The van der Waals surface area contributed by atoms with Crippen LogP contribution in [0.15, 0.2) is 0 Å². The molecule has 11 heavy (non-hydrogen) atoms. The lowest BCUT2D eigenvalue weighted by Gasteiger charge is -2.05. The molecule has 1 aliphatic rings. The lowest BCUT2D eigenvalue weighted by molar-refractivity contribution is 1.08. The van der Waals surface area contributed by atoms with E-state index in [9.17, 15) is 0 Å². The smallest absolute Gasteiger partial charge is 0.153 e. The first kappa shape index (κ1) is 7.43. The summed E-state index contributed by atoms with van der Waals surface area (Å²) in [6.07, 6.45) is 1.07. The molecule has 4 heteroatoms. The molecule has 0 spiro atoms. The van der Waals surface area contributed by atoms with E-state index in [2.05, 4.69) is 23.3 Å². The fourth-order valence-corrected chi connectivity index (χ4v) is 3.10. The van der Waals surface area contributed by atoms with Crippen LogP contribution >= 0.6 is 23.3 Å². The Morgan fingerprint density at radius 2 is 2.45 bits per heavy atom. The van der Waals surface area contributed by atoms with Crippen molar-refractivity contribution in [3.05, 3.63) is 9.88 Å². The van der Waals surface area contributed by atoms with Crippen LogP contribution in [0.25, 0.3) is 0 Å². The summed E-state index contributed by atoms with van der Waals surface area (Å²) in [5, 5.41) is 1.27. The highest BCUT2D eigenvalue weighted by Crippen LogP contribution is 2.39. The minimum atomic E-state index is 1.07. The van der Waals surface area contributed by atoms with E-state index < -0.39 is 0 Å². The highest BCUT2D eigenvalue weighted by atomic mass is 32.2. The SMILES string of the molecule is CCc1nc2c(s1)CSN2C. The van der Waals surface area contributed by atoms with Crippen molar-refractivity contribution >= 4 is 29.1 Å². The molecule has 2 nitrogen and oxygen atoms in total. The zero-order chi connectivity index (χ0) is 7.84. The van der Waals surface area contributed by atoms with E-state index in [1.807, 2.05) is 23.3 Å². The molecule has 2 heterocycles. The molecule has 0 aliphatic carbocycles. The topological polar surface area (TPSA) is 16.1 Å². The fraction of sp³-hybridized carbons (Fsp3) is 0.571. The average molecular weight is 186 g/mol. The van der Waals surface area contributed by atoms with Gasteiger partial charge in [0.1, 0.15) is 0 Å². The zero-order valence-electron chi connectivity index (χ0n) is 6.63. The van der Waals surface area contributed by atoms with Gasteiger partial charge in [0, 0.05) is 7.05 Å². The van der Waals surface area contributed by atoms with E-state index in [4.69, 9.17) is 0 Å². The van der Waals surface area contributed by atoms with Gasteiger partial charge >= 0.3 is 0 Å². The van der Waals surface area contributed by atoms with Crippen LogP contribution in [0.2, 0.25) is 0 Å². The Morgan fingerprint density at radius 3 is 3.09 bits per heavy atom. The fourth-order valence-electron chi connectivity index (χ4n) is 1.10. The minimum absolute atomic E-state index is 1.07. The summed E-state index contributed by atoms with van der Waals surface area (Å²) in [5.41, 5.74) is 0. The number of aromatic nitrogens is 1. The van der Waals surface area contributed by atoms with Gasteiger partial charge in [-0.25, -0.2) is 4.98 Å². The van der Waals surface area contributed by atoms with Gasteiger partial charge < -0.3 is 4.31 Å². The summed E-state index contributed by atoms with van der Waals surface area (Å²) in [5.74, 6) is 2.31. The summed E-state index contributed by atoms with van der Waals surface area (Å²) in [6, 6.07) is 0. The summed E-state index contributed by atoms with van der Waals surface area (Å²) >= 11 is 3.69. The second kappa shape index (κ2) is 2.68. The highest BCUT2D eigenvalue weighted by molar-refractivity contribution is 8.00. The molecule has 0 N–H and O–H groups in total. The van der Waals surface area contributed by atoms with Gasteiger partial charge in [0.2, 0.25) is 0 Å². The Kier molecular flexibility index (Phi) is 1.81. The van der Waals surface area contributed by atoms with Crippen molar-refractivity contribution in [1.82, 2.24) is 4.98 Å². The van der Waals surface area contributed by atoms with Crippen molar-refractivity contribution in [1.29, 1.82) is 0 Å². The van der Waals surface area contributed by atoms with Crippen LogP contribution in [0.1, 0.15) is 16.8 Å². The predicted octanol–water partition coefficient (Wildman–Crippen LogP) is 2.30. The number of aryl methyl sites for hydroxylation is 1. The number of thiazole rings is 1. The molecule has 0 radical (unpaired) electrons. The van der Waals surface area contributed by atoms with Crippen LogP contribution < -0.4 is 4.31 Å². The van der Waals surface area contributed by atoms with Crippen LogP contribution in [0.4, 0.5) is 5.82 Å². The predicted molar refractivity (Wildman–Crippen MR) is 51.2 cm³/mol. The third-order valence-corrected chi connectivity index (χ3v) is 4.06.